The number of nitrogens with zero attached hydrogens (tertiary/aromatic N) is 1. The molecule has 1 aliphatic heterocycles. The first-order valence-corrected chi connectivity index (χ1v) is 12.6. The Hall–Kier alpha value is -1.92. The number of nitrogens with one attached hydrogen (secondary N) is 1. The first kappa shape index (κ1) is 23.2. The van der Waals surface area contributed by atoms with Crippen molar-refractivity contribution in [2.75, 3.05) is 0 Å². The third-order valence-corrected chi connectivity index (χ3v) is 6.88. The average molecular weight is 715 g/mol. The van der Waals surface area contributed by atoms with Crippen molar-refractivity contribution in [2.45, 2.75) is 13.2 Å². The van der Waals surface area contributed by atoms with Gasteiger partial charge in [-0.05, 0) is 104 Å². The number of hydrogen-bond acceptors (Lipinski definition) is 3. The monoisotopic (exact) mass is 714 g/mol. The van der Waals surface area contributed by atoms with E-state index < -0.39 is 6.03 Å². The zero-order valence-electron chi connectivity index (χ0n) is 16.6. The van der Waals surface area contributed by atoms with Gasteiger partial charge in [-0.25, -0.2) is 4.79 Å². The van der Waals surface area contributed by atoms with Crippen molar-refractivity contribution in [3.63, 3.8) is 0 Å². The minimum Gasteiger partial charge on any atom is -0.488 e. The molecule has 5 nitrogen and oxygen atoms in total. The van der Waals surface area contributed by atoms with E-state index in [0.717, 1.165) is 30.5 Å². The first-order chi connectivity index (χ1) is 15.4. The molecular weight excluding hydrogens is 698 g/mol. The summed E-state index contributed by atoms with van der Waals surface area (Å²) in [5.41, 5.74) is 3.04. The van der Waals surface area contributed by atoms with Crippen LogP contribution in [0.2, 0.25) is 0 Å². The highest BCUT2D eigenvalue weighted by atomic mass is 127. The second-order valence-corrected chi connectivity index (χ2v) is 10.4. The van der Waals surface area contributed by atoms with E-state index in [9.17, 15) is 9.59 Å². The van der Waals surface area contributed by atoms with Gasteiger partial charge in [0.05, 0.1) is 10.1 Å². The molecule has 3 aromatic carbocycles. The van der Waals surface area contributed by atoms with Crippen LogP contribution in [0.3, 0.4) is 0 Å². The molecule has 0 atom stereocenters. The largest absolute Gasteiger partial charge is 0.488 e. The molecule has 4 rings (SSSR count). The smallest absolute Gasteiger partial charge is 0.329 e. The number of imide groups is 1. The van der Waals surface area contributed by atoms with Gasteiger partial charge in [-0.2, -0.15) is 0 Å². The van der Waals surface area contributed by atoms with E-state index >= 15 is 0 Å². The third-order valence-electron chi connectivity index (χ3n) is 4.79. The zero-order valence-corrected chi connectivity index (χ0v) is 22.5. The maximum absolute atomic E-state index is 12.8. The van der Waals surface area contributed by atoms with Crippen LogP contribution < -0.4 is 10.1 Å². The molecule has 1 aliphatic rings. The van der Waals surface area contributed by atoms with Gasteiger partial charge < -0.3 is 10.1 Å². The lowest BCUT2D eigenvalue weighted by atomic mass is 10.1. The number of carbonyl (C=O) groups is 2. The van der Waals surface area contributed by atoms with Gasteiger partial charge in [0.15, 0.2) is 0 Å². The topological polar surface area (TPSA) is 58.6 Å². The van der Waals surface area contributed by atoms with Crippen LogP contribution in [0.4, 0.5) is 4.79 Å². The number of carbonyl (C=O) groups excluding carboxylic acids is 2. The lowest BCUT2D eigenvalue weighted by Gasteiger charge is -2.11. The van der Waals surface area contributed by atoms with Gasteiger partial charge in [-0.3, -0.25) is 9.69 Å². The highest BCUT2D eigenvalue weighted by Gasteiger charge is 2.33. The number of hydrogen-bond donors (Lipinski definition) is 1. The molecule has 162 valence electrons. The Balaban J connectivity index is 1.44. The number of amides is 3. The predicted octanol–water partition coefficient (Wildman–Crippen LogP) is 6.33. The molecule has 0 spiro atoms. The zero-order chi connectivity index (χ0) is 22.7. The van der Waals surface area contributed by atoms with Crippen LogP contribution in [-0.4, -0.2) is 16.8 Å². The molecule has 1 heterocycles. The van der Waals surface area contributed by atoms with Crippen molar-refractivity contribution in [1.82, 2.24) is 10.2 Å². The normalized spacial score (nSPS) is 14.7. The van der Waals surface area contributed by atoms with Gasteiger partial charge in [-0.1, -0.05) is 46.3 Å². The fourth-order valence-electron chi connectivity index (χ4n) is 3.12. The second kappa shape index (κ2) is 10.3. The SMILES string of the molecule is O=C1N/C(=C/c2ccc(OCc3ccc(I)cc3)c(I)c2)C(=O)N1Cc1ccc(Br)cc1. The molecule has 0 bridgehead atoms. The van der Waals surface area contributed by atoms with Gasteiger partial charge in [-0.15, -0.1) is 0 Å². The Kier molecular flexibility index (Phi) is 7.51. The fraction of sp³-hybridized carbons (Fsp3) is 0.0833. The number of benzene rings is 3. The van der Waals surface area contributed by atoms with Gasteiger partial charge in [0.1, 0.15) is 18.1 Å². The summed E-state index contributed by atoms with van der Waals surface area (Å²) in [6.07, 6.45) is 1.69. The Morgan fingerprint density at radius 2 is 1.62 bits per heavy atom. The molecule has 0 aromatic heterocycles. The summed E-state index contributed by atoms with van der Waals surface area (Å²) in [4.78, 5) is 26.3. The van der Waals surface area contributed by atoms with Crippen molar-refractivity contribution in [1.29, 1.82) is 0 Å². The van der Waals surface area contributed by atoms with Crippen molar-refractivity contribution in [2.24, 2.45) is 0 Å². The van der Waals surface area contributed by atoms with Crippen molar-refractivity contribution in [3.8, 4) is 5.75 Å². The highest BCUT2D eigenvalue weighted by molar-refractivity contribution is 14.1. The van der Waals surface area contributed by atoms with Crippen LogP contribution >= 0.6 is 61.1 Å². The summed E-state index contributed by atoms with van der Waals surface area (Å²) in [5.74, 6) is 0.428. The van der Waals surface area contributed by atoms with Crippen LogP contribution in [0.1, 0.15) is 16.7 Å². The van der Waals surface area contributed by atoms with E-state index in [-0.39, 0.29) is 18.1 Å². The summed E-state index contributed by atoms with van der Waals surface area (Å²) in [6, 6.07) is 21.0. The molecule has 8 heteroatoms. The van der Waals surface area contributed by atoms with Gasteiger partial charge in [0, 0.05) is 8.04 Å². The molecule has 32 heavy (non-hydrogen) atoms. The number of urea groups is 1. The molecule has 1 N–H and O–H groups in total. The van der Waals surface area contributed by atoms with Crippen LogP contribution in [0, 0.1) is 7.14 Å². The summed E-state index contributed by atoms with van der Waals surface area (Å²) < 4.78 is 8.99. The van der Waals surface area contributed by atoms with Crippen LogP contribution in [0.15, 0.2) is 76.9 Å². The predicted molar refractivity (Wildman–Crippen MR) is 144 cm³/mol. The molecule has 0 unspecified atom stereocenters. The summed E-state index contributed by atoms with van der Waals surface area (Å²) in [5, 5.41) is 2.67. The summed E-state index contributed by atoms with van der Waals surface area (Å²) in [7, 11) is 0. The van der Waals surface area contributed by atoms with Gasteiger partial charge >= 0.3 is 6.03 Å². The highest BCUT2D eigenvalue weighted by Crippen LogP contribution is 2.25. The minimum absolute atomic E-state index is 0.220. The quantitative estimate of drug-likeness (QED) is 0.185. The number of halogens is 3. The van der Waals surface area contributed by atoms with E-state index in [1.807, 2.05) is 66.7 Å². The van der Waals surface area contributed by atoms with E-state index in [4.69, 9.17) is 4.74 Å². The van der Waals surface area contributed by atoms with E-state index in [2.05, 4.69) is 66.4 Å². The Morgan fingerprint density at radius 1 is 0.938 bits per heavy atom. The lowest BCUT2D eigenvalue weighted by molar-refractivity contribution is -0.123. The van der Waals surface area contributed by atoms with Gasteiger partial charge in [0.2, 0.25) is 0 Å². The standard InChI is InChI=1S/C24H17BrI2N2O3/c25-18-6-1-15(2-7-18)13-29-23(30)21(28-24(29)31)12-17-5-10-22(20(27)11-17)32-14-16-3-8-19(26)9-4-16/h1-12H,13-14H2,(H,28,31)/b21-12+. The maximum atomic E-state index is 12.8. The van der Waals surface area contributed by atoms with Crippen LogP contribution in [0.25, 0.3) is 6.08 Å². The van der Waals surface area contributed by atoms with E-state index in [0.29, 0.717) is 6.61 Å². The summed E-state index contributed by atoms with van der Waals surface area (Å²) in [6.45, 7) is 0.699. The maximum Gasteiger partial charge on any atom is 0.329 e. The molecule has 0 aliphatic carbocycles. The van der Waals surface area contributed by atoms with Crippen molar-refractivity contribution >= 4 is 79.1 Å². The van der Waals surface area contributed by atoms with Gasteiger partial charge in [0.25, 0.3) is 5.91 Å². The van der Waals surface area contributed by atoms with Crippen LogP contribution in [-0.2, 0) is 17.9 Å². The Labute approximate surface area is 221 Å². The minimum atomic E-state index is -0.420. The molecule has 1 fully saturated rings. The van der Waals surface area contributed by atoms with E-state index in [1.165, 1.54) is 8.47 Å². The number of ether oxygens (including phenoxy) is 1. The number of rotatable bonds is 6. The third kappa shape index (κ3) is 5.70. The van der Waals surface area contributed by atoms with Crippen molar-refractivity contribution < 1.29 is 14.3 Å². The molecule has 0 radical (unpaired) electrons. The average Bonchev–Trinajstić information content (AvgIpc) is 3.03. The first-order valence-electron chi connectivity index (χ1n) is 9.65. The fourth-order valence-corrected chi connectivity index (χ4v) is 4.44. The summed E-state index contributed by atoms with van der Waals surface area (Å²) >= 11 is 7.87. The molecule has 3 amide bonds. The molecule has 0 saturated carbocycles. The molecular formula is C24H17BrI2N2O3. The Morgan fingerprint density at radius 3 is 2.31 bits per heavy atom. The Bertz CT molecular complexity index is 1190. The molecule has 3 aromatic rings. The van der Waals surface area contributed by atoms with E-state index in [1.54, 1.807) is 6.08 Å². The lowest BCUT2D eigenvalue weighted by Crippen LogP contribution is -2.30. The van der Waals surface area contributed by atoms with Crippen molar-refractivity contribution in [3.05, 3.63) is 101 Å². The second-order valence-electron chi connectivity index (χ2n) is 7.11. The molecule has 1 saturated heterocycles. The van der Waals surface area contributed by atoms with Crippen LogP contribution in [0.5, 0.6) is 5.75 Å².